The maximum Gasteiger partial charge on any atom is 0.187 e. The second kappa shape index (κ2) is 6.72. The van der Waals surface area contributed by atoms with Crippen LogP contribution >= 0.6 is 0 Å². The minimum atomic E-state index is -3.48. The number of halogens is 2. The summed E-state index contributed by atoms with van der Waals surface area (Å²) in [4.78, 5) is 12.6. The van der Waals surface area contributed by atoms with Crippen molar-refractivity contribution in [1.82, 2.24) is 0 Å². The largest absolute Gasteiger partial charge is 0.289 e. The van der Waals surface area contributed by atoms with Crippen LogP contribution in [0.4, 0.5) is 8.78 Å². The van der Waals surface area contributed by atoms with Gasteiger partial charge in [-0.25, -0.2) is 17.2 Å². The summed E-state index contributed by atoms with van der Waals surface area (Å²) in [6.45, 7) is 0. The molecule has 0 atom stereocenters. The molecule has 0 aliphatic carbocycles. The second-order valence-corrected chi connectivity index (χ2v) is 7.87. The quantitative estimate of drug-likeness (QED) is 0.771. The minimum absolute atomic E-state index is 0.131. The van der Waals surface area contributed by atoms with Gasteiger partial charge in [-0.2, -0.15) is 0 Å². The Hall–Kier alpha value is -2.60. The van der Waals surface area contributed by atoms with Crippen molar-refractivity contribution in [2.75, 3.05) is 11.5 Å². The lowest BCUT2D eigenvalue weighted by Crippen LogP contribution is -2.28. The Morgan fingerprint density at radius 1 is 0.720 bits per heavy atom. The van der Waals surface area contributed by atoms with E-state index in [0.717, 1.165) is 0 Å². The van der Waals surface area contributed by atoms with Crippen LogP contribution in [0.15, 0.2) is 59.7 Å². The Bertz CT molecular complexity index is 897. The summed E-state index contributed by atoms with van der Waals surface area (Å²) in [5, 5.41) is 0. The van der Waals surface area contributed by atoms with Gasteiger partial charge in [-0.05, 0) is 47.5 Å². The van der Waals surface area contributed by atoms with Crippen LogP contribution in [-0.2, 0) is 14.6 Å². The third kappa shape index (κ3) is 4.28. The SMILES string of the molecule is O=C1/C(=C/c2ccc(F)cc2)CS(=O)(=O)C/C1=C\c1ccc(F)cc1. The first kappa shape index (κ1) is 17.2. The third-order valence-corrected chi connectivity index (χ3v) is 5.26. The molecule has 1 aliphatic heterocycles. The summed E-state index contributed by atoms with van der Waals surface area (Å²) in [5.74, 6) is -1.92. The zero-order chi connectivity index (χ0) is 18.0. The van der Waals surface area contributed by atoms with Gasteiger partial charge < -0.3 is 0 Å². The molecule has 2 aromatic carbocycles. The molecule has 1 fully saturated rings. The molecule has 0 amide bonds. The van der Waals surface area contributed by atoms with Crippen LogP contribution < -0.4 is 0 Å². The van der Waals surface area contributed by atoms with Crippen LogP contribution in [0, 0.1) is 11.6 Å². The van der Waals surface area contributed by atoms with Gasteiger partial charge in [0.2, 0.25) is 0 Å². The predicted molar refractivity (Wildman–Crippen MR) is 92.4 cm³/mol. The van der Waals surface area contributed by atoms with Gasteiger partial charge >= 0.3 is 0 Å². The number of Topliss-reactive ketones (excluding diaryl/α,β-unsaturated/α-hetero) is 1. The van der Waals surface area contributed by atoms with Gasteiger partial charge in [0.15, 0.2) is 15.6 Å². The summed E-state index contributed by atoms with van der Waals surface area (Å²) < 4.78 is 50.3. The van der Waals surface area contributed by atoms with Gasteiger partial charge in [0, 0.05) is 11.1 Å². The number of hydrogen-bond acceptors (Lipinski definition) is 3. The van der Waals surface area contributed by atoms with Crippen molar-refractivity contribution in [1.29, 1.82) is 0 Å². The highest BCUT2D eigenvalue weighted by Crippen LogP contribution is 2.23. The maximum atomic E-state index is 13.0. The van der Waals surface area contributed by atoms with E-state index in [1.54, 1.807) is 0 Å². The lowest BCUT2D eigenvalue weighted by Gasteiger charge is -2.17. The van der Waals surface area contributed by atoms with E-state index in [0.29, 0.717) is 11.1 Å². The summed E-state index contributed by atoms with van der Waals surface area (Å²) in [7, 11) is -3.48. The van der Waals surface area contributed by atoms with E-state index in [9.17, 15) is 22.0 Å². The topological polar surface area (TPSA) is 51.2 Å². The second-order valence-electron chi connectivity index (χ2n) is 5.80. The lowest BCUT2D eigenvalue weighted by atomic mass is 10.0. The van der Waals surface area contributed by atoms with Crippen molar-refractivity contribution >= 4 is 27.8 Å². The van der Waals surface area contributed by atoms with Crippen molar-refractivity contribution in [2.45, 2.75) is 0 Å². The van der Waals surface area contributed by atoms with Gasteiger partial charge in [0.1, 0.15) is 11.6 Å². The molecule has 0 aromatic heterocycles. The molecule has 1 heterocycles. The standard InChI is InChI=1S/C19H14F2O3S/c20-17-5-1-13(2-6-17)9-15-11-25(23,24)12-16(19(15)22)10-14-3-7-18(21)8-4-14/h1-10H,11-12H2/b15-9+,16-10+. The Balaban J connectivity index is 1.99. The monoisotopic (exact) mass is 360 g/mol. The van der Waals surface area contributed by atoms with Crippen LogP contribution in [0.25, 0.3) is 12.2 Å². The Labute approximate surface area is 144 Å². The van der Waals surface area contributed by atoms with Crippen LogP contribution in [0.2, 0.25) is 0 Å². The molecule has 3 nitrogen and oxygen atoms in total. The molecule has 3 rings (SSSR count). The minimum Gasteiger partial charge on any atom is -0.289 e. The van der Waals surface area contributed by atoms with Crippen molar-refractivity contribution in [3.8, 4) is 0 Å². The number of hydrogen-bond donors (Lipinski definition) is 0. The fourth-order valence-corrected chi connectivity index (χ4v) is 4.08. The van der Waals surface area contributed by atoms with Crippen LogP contribution in [-0.4, -0.2) is 25.7 Å². The predicted octanol–water partition coefficient (Wildman–Crippen LogP) is 3.43. The van der Waals surface area contributed by atoms with E-state index < -0.39 is 21.5 Å². The molecule has 0 N–H and O–H groups in total. The molecule has 0 unspecified atom stereocenters. The number of sulfone groups is 1. The highest BCUT2D eigenvalue weighted by molar-refractivity contribution is 7.92. The molecule has 1 saturated heterocycles. The molecule has 0 spiro atoms. The number of carbonyl (C=O) groups excluding carboxylic acids is 1. The Kier molecular flexibility index (Phi) is 4.63. The van der Waals surface area contributed by atoms with Crippen LogP contribution in [0.3, 0.4) is 0 Å². The van der Waals surface area contributed by atoms with Crippen LogP contribution in [0.1, 0.15) is 11.1 Å². The van der Waals surface area contributed by atoms with E-state index >= 15 is 0 Å². The smallest absolute Gasteiger partial charge is 0.187 e. The summed E-state index contributed by atoms with van der Waals surface area (Å²) in [6, 6.07) is 10.8. The molecular formula is C19H14F2O3S. The molecule has 0 radical (unpaired) electrons. The number of carbonyl (C=O) groups is 1. The fraction of sp³-hybridized carbons (Fsp3) is 0.105. The molecule has 0 saturated carbocycles. The molecule has 1 aliphatic rings. The third-order valence-electron chi connectivity index (χ3n) is 3.76. The molecule has 2 aromatic rings. The van der Waals surface area contributed by atoms with Crippen molar-refractivity contribution in [3.63, 3.8) is 0 Å². The van der Waals surface area contributed by atoms with Crippen LogP contribution in [0.5, 0.6) is 0 Å². The molecular weight excluding hydrogens is 346 g/mol. The first-order chi connectivity index (χ1) is 11.8. The average Bonchev–Trinajstić information content (AvgIpc) is 2.55. The molecule has 128 valence electrons. The lowest BCUT2D eigenvalue weighted by molar-refractivity contribution is -0.112. The highest BCUT2D eigenvalue weighted by atomic mass is 32.2. The summed E-state index contributed by atoms with van der Waals surface area (Å²) >= 11 is 0. The number of rotatable bonds is 2. The maximum absolute atomic E-state index is 13.0. The molecule has 6 heteroatoms. The van der Waals surface area contributed by atoms with Crippen molar-refractivity contribution in [3.05, 3.63) is 82.4 Å². The first-order valence-electron chi connectivity index (χ1n) is 7.50. The number of ketones is 1. The highest BCUT2D eigenvalue weighted by Gasteiger charge is 2.30. The van der Waals surface area contributed by atoms with Crippen molar-refractivity contribution in [2.24, 2.45) is 0 Å². The van der Waals surface area contributed by atoms with E-state index in [4.69, 9.17) is 0 Å². The van der Waals surface area contributed by atoms with E-state index in [-0.39, 0.29) is 28.4 Å². The van der Waals surface area contributed by atoms with Gasteiger partial charge in [-0.15, -0.1) is 0 Å². The Morgan fingerprint density at radius 3 is 1.44 bits per heavy atom. The van der Waals surface area contributed by atoms with Crippen molar-refractivity contribution < 1.29 is 22.0 Å². The average molecular weight is 360 g/mol. The van der Waals surface area contributed by atoms with E-state index in [1.165, 1.54) is 60.7 Å². The summed E-state index contributed by atoms with van der Waals surface area (Å²) in [5.41, 5.74) is 1.35. The number of benzene rings is 2. The summed E-state index contributed by atoms with van der Waals surface area (Å²) in [6.07, 6.45) is 2.91. The Morgan fingerprint density at radius 2 is 1.08 bits per heavy atom. The van der Waals surface area contributed by atoms with E-state index in [1.807, 2.05) is 0 Å². The first-order valence-corrected chi connectivity index (χ1v) is 9.32. The molecule has 25 heavy (non-hydrogen) atoms. The van der Waals surface area contributed by atoms with Gasteiger partial charge in [-0.1, -0.05) is 24.3 Å². The van der Waals surface area contributed by atoms with Gasteiger partial charge in [-0.3, -0.25) is 4.79 Å². The van der Waals surface area contributed by atoms with E-state index in [2.05, 4.69) is 0 Å². The van der Waals surface area contributed by atoms with Gasteiger partial charge in [0.05, 0.1) is 11.5 Å². The zero-order valence-corrected chi connectivity index (χ0v) is 13.9. The van der Waals surface area contributed by atoms with Gasteiger partial charge in [0.25, 0.3) is 0 Å². The molecule has 0 bridgehead atoms. The fourth-order valence-electron chi connectivity index (χ4n) is 2.60. The zero-order valence-electron chi connectivity index (χ0n) is 13.1. The normalized spacial score (nSPS) is 20.2.